The number of thiocarbonyl (C=S) groups is 1. The van der Waals surface area contributed by atoms with E-state index >= 15 is 0 Å². The highest BCUT2D eigenvalue weighted by molar-refractivity contribution is 7.80. The molecule has 1 aromatic carbocycles. The van der Waals surface area contributed by atoms with E-state index in [2.05, 4.69) is 0 Å². The van der Waals surface area contributed by atoms with E-state index in [1.165, 1.54) is 25.7 Å². The van der Waals surface area contributed by atoms with E-state index in [-0.39, 0.29) is 0 Å². The van der Waals surface area contributed by atoms with Gasteiger partial charge in [0.25, 0.3) is 0 Å². The van der Waals surface area contributed by atoms with Crippen LogP contribution in [0.3, 0.4) is 0 Å². The molecule has 4 heteroatoms. The summed E-state index contributed by atoms with van der Waals surface area (Å²) >= 11 is 4.98. The number of benzene rings is 1. The number of para-hydroxylation sites is 1. The van der Waals surface area contributed by atoms with Crippen LogP contribution in [0.2, 0.25) is 0 Å². The molecule has 1 fully saturated rings. The summed E-state index contributed by atoms with van der Waals surface area (Å²) in [6.45, 7) is 1.98. The normalized spacial score (nSPS) is 14.9. The predicted molar refractivity (Wildman–Crippen MR) is 80.6 cm³/mol. The third kappa shape index (κ3) is 4.48. The van der Waals surface area contributed by atoms with Crippen LogP contribution < -0.4 is 10.5 Å². The second kappa shape index (κ2) is 7.46. The highest BCUT2D eigenvalue weighted by Gasteiger charge is 2.16. The molecule has 0 atom stereocenters. The minimum atomic E-state index is 0.363. The Hall–Kier alpha value is -1.13. The summed E-state index contributed by atoms with van der Waals surface area (Å²) < 4.78 is 11.2. The van der Waals surface area contributed by atoms with E-state index in [1.807, 2.05) is 24.3 Å². The minimum Gasteiger partial charge on any atom is -0.490 e. The summed E-state index contributed by atoms with van der Waals surface area (Å²) in [6.07, 6.45) is 5.33. The van der Waals surface area contributed by atoms with Crippen LogP contribution in [0.4, 0.5) is 0 Å². The van der Waals surface area contributed by atoms with Crippen LogP contribution in [0.15, 0.2) is 24.3 Å². The Morgan fingerprint density at radius 2 is 2.00 bits per heavy atom. The highest BCUT2D eigenvalue weighted by Crippen LogP contribution is 2.29. The van der Waals surface area contributed by atoms with Gasteiger partial charge >= 0.3 is 0 Å². The summed E-state index contributed by atoms with van der Waals surface area (Å²) in [4.78, 5) is 0.363. The number of ether oxygens (including phenoxy) is 2. The van der Waals surface area contributed by atoms with Crippen molar-refractivity contribution in [2.75, 3.05) is 19.8 Å². The maximum Gasteiger partial charge on any atom is 0.129 e. The second-order valence-electron chi connectivity index (χ2n) is 4.91. The van der Waals surface area contributed by atoms with E-state index in [0.717, 1.165) is 23.8 Å². The molecule has 1 saturated carbocycles. The molecule has 0 spiro atoms. The zero-order valence-electron chi connectivity index (χ0n) is 11.1. The van der Waals surface area contributed by atoms with Crippen molar-refractivity contribution in [1.29, 1.82) is 0 Å². The third-order valence-corrected chi connectivity index (χ3v) is 3.75. The van der Waals surface area contributed by atoms with Gasteiger partial charge in [-0.1, -0.05) is 43.6 Å². The van der Waals surface area contributed by atoms with Gasteiger partial charge in [-0.3, -0.25) is 0 Å². The molecule has 0 radical (unpaired) electrons. The first-order chi connectivity index (χ1) is 9.27. The van der Waals surface area contributed by atoms with Gasteiger partial charge in [0, 0.05) is 6.61 Å². The average molecular weight is 279 g/mol. The Bertz CT molecular complexity index is 418. The van der Waals surface area contributed by atoms with Gasteiger partial charge in [-0.05, 0) is 24.5 Å². The van der Waals surface area contributed by atoms with Crippen molar-refractivity contribution >= 4 is 17.2 Å². The topological polar surface area (TPSA) is 44.5 Å². The van der Waals surface area contributed by atoms with Gasteiger partial charge in [0.1, 0.15) is 17.3 Å². The van der Waals surface area contributed by atoms with Gasteiger partial charge in [0.15, 0.2) is 0 Å². The maximum atomic E-state index is 5.65. The number of rotatable bonds is 8. The molecule has 1 aliphatic rings. The van der Waals surface area contributed by atoms with Gasteiger partial charge in [0.05, 0.1) is 12.2 Å². The first kappa shape index (κ1) is 14.3. The maximum absolute atomic E-state index is 5.65. The first-order valence-corrected chi connectivity index (χ1v) is 7.27. The molecule has 3 nitrogen and oxygen atoms in total. The average Bonchev–Trinajstić information content (AvgIpc) is 2.36. The quantitative estimate of drug-likeness (QED) is 0.587. The largest absolute Gasteiger partial charge is 0.490 e. The van der Waals surface area contributed by atoms with Crippen LogP contribution in [0.5, 0.6) is 5.75 Å². The lowest BCUT2D eigenvalue weighted by Gasteiger charge is -2.24. The minimum absolute atomic E-state index is 0.363. The van der Waals surface area contributed by atoms with Crippen molar-refractivity contribution in [1.82, 2.24) is 0 Å². The van der Waals surface area contributed by atoms with Crippen LogP contribution in [-0.4, -0.2) is 24.8 Å². The summed E-state index contributed by atoms with van der Waals surface area (Å²) in [5.41, 5.74) is 6.43. The molecule has 0 amide bonds. The zero-order chi connectivity index (χ0) is 13.5. The predicted octanol–water partition coefficient (Wildman–Crippen LogP) is 2.91. The van der Waals surface area contributed by atoms with Crippen molar-refractivity contribution in [3.05, 3.63) is 29.8 Å². The third-order valence-electron chi connectivity index (χ3n) is 3.53. The number of nitrogens with two attached hydrogens (primary N) is 1. The van der Waals surface area contributed by atoms with E-state index in [0.29, 0.717) is 18.2 Å². The molecule has 0 aromatic heterocycles. The second-order valence-corrected chi connectivity index (χ2v) is 5.35. The van der Waals surface area contributed by atoms with Crippen LogP contribution >= 0.6 is 12.2 Å². The van der Waals surface area contributed by atoms with Gasteiger partial charge in [-0.25, -0.2) is 0 Å². The van der Waals surface area contributed by atoms with Crippen LogP contribution in [0.1, 0.15) is 31.2 Å². The molecule has 0 bridgehead atoms. The van der Waals surface area contributed by atoms with Crippen molar-refractivity contribution in [2.45, 2.75) is 25.7 Å². The molecule has 0 aliphatic heterocycles. The Morgan fingerprint density at radius 1 is 1.21 bits per heavy atom. The van der Waals surface area contributed by atoms with Gasteiger partial charge in [-0.2, -0.15) is 0 Å². The fraction of sp³-hybridized carbons (Fsp3) is 0.533. The molecule has 1 aliphatic carbocycles. The van der Waals surface area contributed by atoms with Gasteiger partial charge in [-0.15, -0.1) is 0 Å². The molecule has 0 saturated heterocycles. The van der Waals surface area contributed by atoms with Crippen molar-refractivity contribution < 1.29 is 9.47 Å². The van der Waals surface area contributed by atoms with E-state index in [4.69, 9.17) is 27.4 Å². The number of hydrogen-bond donors (Lipinski definition) is 1. The first-order valence-electron chi connectivity index (χ1n) is 6.87. The SMILES string of the molecule is NC(=S)c1ccccc1OCCOCCC1CCC1. The van der Waals surface area contributed by atoms with Crippen molar-refractivity contribution in [2.24, 2.45) is 11.7 Å². The summed E-state index contributed by atoms with van der Waals surface area (Å²) in [5, 5.41) is 0. The molecule has 1 aromatic rings. The molecule has 2 rings (SSSR count). The van der Waals surface area contributed by atoms with E-state index in [1.54, 1.807) is 0 Å². The number of hydrogen-bond acceptors (Lipinski definition) is 3. The van der Waals surface area contributed by atoms with E-state index in [9.17, 15) is 0 Å². The Labute approximate surface area is 120 Å². The van der Waals surface area contributed by atoms with Gasteiger partial charge < -0.3 is 15.2 Å². The summed E-state index contributed by atoms with van der Waals surface area (Å²) in [7, 11) is 0. The lowest BCUT2D eigenvalue weighted by molar-refractivity contribution is 0.0812. The highest BCUT2D eigenvalue weighted by atomic mass is 32.1. The molecule has 104 valence electrons. The van der Waals surface area contributed by atoms with Crippen LogP contribution in [-0.2, 0) is 4.74 Å². The van der Waals surface area contributed by atoms with Crippen molar-refractivity contribution in [3.63, 3.8) is 0 Å². The van der Waals surface area contributed by atoms with E-state index < -0.39 is 0 Å². The van der Waals surface area contributed by atoms with Crippen molar-refractivity contribution in [3.8, 4) is 5.75 Å². The fourth-order valence-corrected chi connectivity index (χ4v) is 2.31. The molecule has 19 heavy (non-hydrogen) atoms. The lowest BCUT2D eigenvalue weighted by atomic mass is 9.83. The molecular formula is C15H21NO2S. The van der Waals surface area contributed by atoms with Crippen LogP contribution in [0, 0.1) is 5.92 Å². The monoisotopic (exact) mass is 279 g/mol. The molecule has 2 N–H and O–H groups in total. The van der Waals surface area contributed by atoms with Gasteiger partial charge in [0.2, 0.25) is 0 Å². The molecule has 0 unspecified atom stereocenters. The zero-order valence-corrected chi connectivity index (χ0v) is 12.0. The molecule has 0 heterocycles. The standard InChI is InChI=1S/C15H21NO2S/c16-15(19)13-6-1-2-7-14(13)18-11-10-17-9-8-12-4-3-5-12/h1-2,6-7,12H,3-5,8-11H2,(H2,16,19). The summed E-state index contributed by atoms with van der Waals surface area (Å²) in [5.74, 6) is 1.63. The summed E-state index contributed by atoms with van der Waals surface area (Å²) in [6, 6.07) is 7.56. The smallest absolute Gasteiger partial charge is 0.129 e. The Kier molecular flexibility index (Phi) is 5.61. The van der Waals surface area contributed by atoms with Crippen LogP contribution in [0.25, 0.3) is 0 Å². The Morgan fingerprint density at radius 3 is 2.68 bits per heavy atom. The Balaban J connectivity index is 1.63. The molecular weight excluding hydrogens is 258 g/mol. The lowest BCUT2D eigenvalue weighted by Crippen LogP contribution is -2.16. The fourth-order valence-electron chi connectivity index (χ4n) is 2.14.